The Kier molecular flexibility index (Phi) is 3.43. The van der Waals surface area contributed by atoms with Gasteiger partial charge in [-0.2, -0.15) is 0 Å². The van der Waals surface area contributed by atoms with Crippen molar-refractivity contribution in [2.24, 2.45) is 7.05 Å². The van der Waals surface area contributed by atoms with Crippen molar-refractivity contribution >= 4 is 15.5 Å². The fourth-order valence-corrected chi connectivity index (χ4v) is 2.66. The number of rotatable bonds is 4. The summed E-state index contributed by atoms with van der Waals surface area (Å²) in [6.45, 7) is 0.605. The van der Waals surface area contributed by atoms with E-state index >= 15 is 0 Å². The van der Waals surface area contributed by atoms with Gasteiger partial charge in [0.2, 0.25) is 0 Å². The molecule has 96 valence electrons. The maximum atomic E-state index is 11.6. The molecule has 2 aromatic rings. The van der Waals surface area contributed by atoms with E-state index in [-0.39, 0.29) is 0 Å². The van der Waals surface area contributed by atoms with Crippen LogP contribution in [0.15, 0.2) is 47.6 Å². The fourth-order valence-electron chi connectivity index (χ4n) is 1.80. The molecule has 1 aromatic carbocycles. The Balaban J connectivity index is 2.20. The van der Waals surface area contributed by atoms with Crippen LogP contribution in [-0.2, 0) is 23.4 Å². The average Bonchev–Trinajstić information content (AvgIpc) is 2.72. The van der Waals surface area contributed by atoms with E-state index in [1.165, 1.54) is 6.26 Å². The van der Waals surface area contributed by atoms with Gasteiger partial charge in [-0.25, -0.2) is 8.42 Å². The van der Waals surface area contributed by atoms with Crippen LogP contribution in [0.25, 0.3) is 0 Å². The van der Waals surface area contributed by atoms with Crippen LogP contribution in [0.4, 0.5) is 5.69 Å². The number of nitrogens with zero attached hydrogens (tertiary/aromatic N) is 1. The van der Waals surface area contributed by atoms with E-state index in [1.807, 2.05) is 36.1 Å². The number of para-hydroxylation sites is 1. The SMILES string of the molecule is Cn1ccc(CNc2ccccc2S(C)(=O)=O)c1. The molecule has 0 aliphatic heterocycles. The van der Waals surface area contributed by atoms with E-state index in [9.17, 15) is 8.42 Å². The predicted octanol–water partition coefficient (Wildman–Crippen LogP) is 2.04. The largest absolute Gasteiger partial charge is 0.380 e. The highest BCUT2D eigenvalue weighted by molar-refractivity contribution is 7.90. The number of aryl methyl sites for hydroxylation is 1. The Hall–Kier alpha value is -1.75. The minimum absolute atomic E-state index is 0.334. The van der Waals surface area contributed by atoms with Crippen molar-refractivity contribution in [2.45, 2.75) is 11.4 Å². The fraction of sp³-hybridized carbons (Fsp3) is 0.231. The molecule has 0 bridgehead atoms. The standard InChI is InChI=1S/C13H16N2O2S/c1-15-8-7-11(10-15)9-14-12-5-3-4-6-13(12)18(2,16)17/h3-8,10,14H,9H2,1-2H3. The minimum atomic E-state index is -3.20. The van der Waals surface area contributed by atoms with E-state index in [1.54, 1.807) is 18.2 Å². The smallest absolute Gasteiger partial charge is 0.177 e. The highest BCUT2D eigenvalue weighted by Crippen LogP contribution is 2.21. The van der Waals surface area contributed by atoms with Crippen LogP contribution in [0.1, 0.15) is 5.56 Å². The number of aromatic nitrogens is 1. The molecule has 0 unspecified atom stereocenters. The van der Waals surface area contributed by atoms with Gasteiger partial charge in [-0.15, -0.1) is 0 Å². The maximum Gasteiger partial charge on any atom is 0.177 e. The zero-order valence-corrected chi connectivity index (χ0v) is 11.2. The van der Waals surface area contributed by atoms with Gasteiger partial charge in [-0.1, -0.05) is 12.1 Å². The van der Waals surface area contributed by atoms with Crippen LogP contribution in [0.3, 0.4) is 0 Å². The average molecular weight is 264 g/mol. The van der Waals surface area contributed by atoms with E-state index in [0.717, 1.165) is 5.56 Å². The normalized spacial score (nSPS) is 11.4. The van der Waals surface area contributed by atoms with Gasteiger partial charge in [-0.3, -0.25) is 0 Å². The predicted molar refractivity (Wildman–Crippen MR) is 72.3 cm³/mol. The Bertz CT molecular complexity index is 645. The number of hydrogen-bond acceptors (Lipinski definition) is 3. The van der Waals surface area contributed by atoms with E-state index < -0.39 is 9.84 Å². The number of benzene rings is 1. The first-order valence-corrected chi connectivity index (χ1v) is 7.50. The third kappa shape index (κ3) is 2.92. The van der Waals surface area contributed by atoms with Crippen molar-refractivity contribution in [1.29, 1.82) is 0 Å². The van der Waals surface area contributed by atoms with Gasteiger partial charge in [0.15, 0.2) is 9.84 Å². The van der Waals surface area contributed by atoms with E-state index in [0.29, 0.717) is 17.1 Å². The van der Waals surface area contributed by atoms with Crippen LogP contribution in [0.5, 0.6) is 0 Å². The lowest BCUT2D eigenvalue weighted by Gasteiger charge is -2.09. The minimum Gasteiger partial charge on any atom is -0.380 e. The Morgan fingerprint density at radius 1 is 1.22 bits per heavy atom. The zero-order valence-electron chi connectivity index (χ0n) is 10.4. The molecular weight excluding hydrogens is 248 g/mol. The zero-order chi connectivity index (χ0) is 13.2. The highest BCUT2D eigenvalue weighted by Gasteiger charge is 2.11. The molecule has 0 amide bonds. The first-order chi connectivity index (χ1) is 8.47. The highest BCUT2D eigenvalue weighted by atomic mass is 32.2. The lowest BCUT2D eigenvalue weighted by molar-refractivity contribution is 0.602. The van der Waals surface area contributed by atoms with Crippen LogP contribution >= 0.6 is 0 Å². The van der Waals surface area contributed by atoms with E-state index in [2.05, 4.69) is 5.32 Å². The molecule has 0 aliphatic rings. The number of hydrogen-bond donors (Lipinski definition) is 1. The molecule has 4 nitrogen and oxygen atoms in total. The quantitative estimate of drug-likeness (QED) is 0.919. The molecule has 0 aliphatic carbocycles. The molecule has 0 saturated carbocycles. The van der Waals surface area contributed by atoms with Gasteiger partial charge in [0.05, 0.1) is 10.6 Å². The molecule has 1 N–H and O–H groups in total. The van der Waals surface area contributed by atoms with Crippen LogP contribution in [-0.4, -0.2) is 19.2 Å². The van der Waals surface area contributed by atoms with Crippen LogP contribution in [0, 0.1) is 0 Å². The summed E-state index contributed by atoms with van der Waals surface area (Å²) in [5, 5.41) is 3.16. The van der Waals surface area contributed by atoms with Crippen molar-refractivity contribution in [2.75, 3.05) is 11.6 Å². The Labute approximate surface area is 107 Å². The van der Waals surface area contributed by atoms with Gasteiger partial charge in [0.1, 0.15) is 0 Å². The lowest BCUT2D eigenvalue weighted by Crippen LogP contribution is -2.05. The van der Waals surface area contributed by atoms with Gasteiger partial charge < -0.3 is 9.88 Å². The molecule has 0 fully saturated rings. The molecule has 0 atom stereocenters. The molecule has 18 heavy (non-hydrogen) atoms. The van der Waals surface area contributed by atoms with Crippen LogP contribution < -0.4 is 5.32 Å². The van der Waals surface area contributed by atoms with Crippen molar-refractivity contribution in [1.82, 2.24) is 4.57 Å². The molecular formula is C13H16N2O2S. The van der Waals surface area contributed by atoms with Crippen molar-refractivity contribution in [3.63, 3.8) is 0 Å². The molecule has 0 radical (unpaired) electrons. The number of nitrogens with one attached hydrogen (secondary N) is 1. The third-order valence-corrected chi connectivity index (χ3v) is 3.82. The summed E-state index contributed by atoms with van der Waals surface area (Å²) in [7, 11) is -1.25. The number of anilines is 1. The second-order valence-corrected chi connectivity index (χ2v) is 6.29. The van der Waals surface area contributed by atoms with Crippen molar-refractivity contribution < 1.29 is 8.42 Å². The van der Waals surface area contributed by atoms with Gasteiger partial charge in [0.25, 0.3) is 0 Å². The summed E-state index contributed by atoms with van der Waals surface area (Å²) in [4.78, 5) is 0.334. The van der Waals surface area contributed by atoms with Crippen LogP contribution in [0.2, 0.25) is 0 Å². The maximum absolute atomic E-state index is 11.6. The summed E-state index contributed by atoms with van der Waals surface area (Å²) in [5.41, 5.74) is 1.75. The Morgan fingerprint density at radius 2 is 1.94 bits per heavy atom. The summed E-state index contributed by atoms with van der Waals surface area (Å²) in [5.74, 6) is 0. The monoisotopic (exact) mass is 264 g/mol. The summed E-state index contributed by atoms with van der Waals surface area (Å²) >= 11 is 0. The molecule has 5 heteroatoms. The first-order valence-electron chi connectivity index (χ1n) is 5.60. The number of sulfone groups is 1. The van der Waals surface area contributed by atoms with Gasteiger partial charge >= 0.3 is 0 Å². The lowest BCUT2D eigenvalue weighted by atomic mass is 10.3. The molecule has 2 rings (SSSR count). The summed E-state index contributed by atoms with van der Waals surface area (Å²) < 4.78 is 25.2. The topological polar surface area (TPSA) is 51.1 Å². The van der Waals surface area contributed by atoms with Gasteiger partial charge in [-0.05, 0) is 23.8 Å². The summed E-state index contributed by atoms with van der Waals surface area (Å²) in [6.07, 6.45) is 5.17. The second kappa shape index (κ2) is 4.86. The van der Waals surface area contributed by atoms with Crippen molar-refractivity contribution in [3.8, 4) is 0 Å². The molecule has 1 heterocycles. The van der Waals surface area contributed by atoms with Crippen molar-refractivity contribution in [3.05, 3.63) is 48.3 Å². The van der Waals surface area contributed by atoms with Gasteiger partial charge in [0, 0.05) is 32.2 Å². The molecule has 1 aromatic heterocycles. The second-order valence-electron chi connectivity index (χ2n) is 4.31. The third-order valence-electron chi connectivity index (χ3n) is 2.66. The first kappa shape index (κ1) is 12.7. The summed E-state index contributed by atoms with van der Waals surface area (Å²) in [6, 6.07) is 8.93. The van der Waals surface area contributed by atoms with E-state index in [4.69, 9.17) is 0 Å². The Morgan fingerprint density at radius 3 is 2.56 bits per heavy atom. The molecule has 0 spiro atoms. The molecule has 0 saturated heterocycles.